The highest BCUT2D eigenvalue weighted by molar-refractivity contribution is 6.07. The Hall–Kier alpha value is -3.58. The molecule has 0 bridgehead atoms. The van der Waals surface area contributed by atoms with Gasteiger partial charge in [0, 0.05) is 29.9 Å². The molecule has 0 radical (unpaired) electrons. The highest BCUT2D eigenvalue weighted by Crippen LogP contribution is 2.27. The van der Waals surface area contributed by atoms with Crippen molar-refractivity contribution in [1.82, 2.24) is 20.2 Å². The fourth-order valence-electron chi connectivity index (χ4n) is 4.16. The van der Waals surface area contributed by atoms with Gasteiger partial charge in [0.15, 0.2) is 0 Å². The third-order valence-corrected chi connectivity index (χ3v) is 6.38. The number of aryl methyl sites for hydroxylation is 1. The molecule has 0 spiro atoms. The summed E-state index contributed by atoms with van der Waals surface area (Å²) in [7, 11) is 0. The van der Waals surface area contributed by atoms with Crippen molar-refractivity contribution in [2.24, 2.45) is 5.92 Å². The Kier molecular flexibility index (Phi) is 5.87. The monoisotopic (exact) mass is 458 g/mol. The van der Waals surface area contributed by atoms with Gasteiger partial charge in [-0.1, -0.05) is 18.2 Å². The molecule has 6 nitrogen and oxygen atoms in total. The maximum absolute atomic E-state index is 13.5. The van der Waals surface area contributed by atoms with Crippen LogP contribution in [0.5, 0.6) is 0 Å². The third-order valence-electron chi connectivity index (χ3n) is 6.38. The quantitative estimate of drug-likeness (QED) is 0.409. The highest BCUT2D eigenvalue weighted by atomic mass is 19.1. The maximum Gasteiger partial charge on any atom is 0.264 e. The minimum absolute atomic E-state index is 0.120. The predicted octanol–water partition coefficient (Wildman–Crippen LogP) is 4.10. The van der Waals surface area contributed by atoms with Crippen molar-refractivity contribution in [2.45, 2.75) is 32.7 Å². The molecule has 2 N–H and O–H groups in total. The van der Waals surface area contributed by atoms with Crippen LogP contribution in [0, 0.1) is 18.7 Å². The van der Waals surface area contributed by atoms with Gasteiger partial charge in [-0.2, -0.15) is 0 Å². The molecule has 1 saturated carbocycles. The largest absolute Gasteiger partial charge is 0.350 e. The Morgan fingerprint density at radius 3 is 2.68 bits per heavy atom. The molecule has 5 rings (SSSR count). The first kappa shape index (κ1) is 22.2. The number of aromatic nitrogens is 2. The van der Waals surface area contributed by atoms with Crippen LogP contribution in [0.2, 0.25) is 0 Å². The van der Waals surface area contributed by atoms with Crippen LogP contribution < -0.4 is 16.2 Å². The van der Waals surface area contributed by atoms with E-state index in [-0.39, 0.29) is 17.5 Å². The van der Waals surface area contributed by atoms with E-state index in [0.29, 0.717) is 28.7 Å². The molecule has 1 amide bonds. The molecule has 2 aromatic heterocycles. The van der Waals surface area contributed by atoms with Crippen LogP contribution in [-0.4, -0.2) is 34.6 Å². The van der Waals surface area contributed by atoms with Gasteiger partial charge in [0.25, 0.3) is 11.5 Å². The zero-order valence-corrected chi connectivity index (χ0v) is 19.3. The lowest BCUT2D eigenvalue weighted by Crippen LogP contribution is -2.40. The average molecular weight is 459 g/mol. The second-order valence-electron chi connectivity index (χ2n) is 9.19. The van der Waals surface area contributed by atoms with Crippen molar-refractivity contribution >= 4 is 27.7 Å². The van der Waals surface area contributed by atoms with Crippen molar-refractivity contribution in [2.75, 3.05) is 13.1 Å². The summed E-state index contributed by atoms with van der Waals surface area (Å²) in [5.41, 5.74) is 2.55. The van der Waals surface area contributed by atoms with E-state index in [2.05, 4.69) is 10.6 Å². The van der Waals surface area contributed by atoms with E-state index in [9.17, 15) is 14.0 Å². The summed E-state index contributed by atoms with van der Waals surface area (Å²) in [5, 5.41) is 7.61. The number of halogens is 1. The number of amides is 1. The first-order valence-corrected chi connectivity index (χ1v) is 11.6. The fraction of sp³-hybridized carbons (Fsp3) is 0.296. The Morgan fingerprint density at radius 1 is 1.18 bits per heavy atom. The van der Waals surface area contributed by atoms with Crippen molar-refractivity contribution in [1.29, 1.82) is 0 Å². The molecule has 174 valence electrons. The van der Waals surface area contributed by atoms with Gasteiger partial charge in [0.1, 0.15) is 5.82 Å². The summed E-state index contributed by atoms with van der Waals surface area (Å²) in [5.74, 6) is 0.0508. The molecular formula is C27H27FN4O2. The van der Waals surface area contributed by atoms with Crippen LogP contribution in [0.25, 0.3) is 27.5 Å². The van der Waals surface area contributed by atoms with Crippen LogP contribution in [0.1, 0.15) is 35.7 Å². The number of pyridine rings is 2. The van der Waals surface area contributed by atoms with Gasteiger partial charge in [-0.15, -0.1) is 0 Å². The van der Waals surface area contributed by atoms with Gasteiger partial charge < -0.3 is 10.6 Å². The summed E-state index contributed by atoms with van der Waals surface area (Å²) in [6.45, 7) is 5.40. The number of benzene rings is 2. The van der Waals surface area contributed by atoms with Crippen molar-refractivity contribution in [3.05, 3.63) is 82.0 Å². The first-order chi connectivity index (χ1) is 16.4. The van der Waals surface area contributed by atoms with Crippen LogP contribution >= 0.6 is 0 Å². The molecule has 2 aromatic carbocycles. The smallest absolute Gasteiger partial charge is 0.264 e. The minimum atomic E-state index is -0.397. The normalized spacial score (nSPS) is 14.4. The van der Waals surface area contributed by atoms with E-state index in [0.717, 1.165) is 28.9 Å². The van der Waals surface area contributed by atoms with Gasteiger partial charge in [0.05, 0.1) is 22.0 Å². The molecule has 0 saturated heterocycles. The summed E-state index contributed by atoms with van der Waals surface area (Å²) >= 11 is 0. The zero-order chi connectivity index (χ0) is 23.8. The summed E-state index contributed by atoms with van der Waals surface area (Å²) < 4.78 is 14.9. The number of carbonyl (C=O) groups is 1. The number of nitrogens with zero attached hydrogens (tertiary/aromatic N) is 2. The van der Waals surface area contributed by atoms with Gasteiger partial charge in [-0.3, -0.25) is 14.2 Å². The van der Waals surface area contributed by atoms with Crippen LogP contribution in [0.15, 0.2) is 59.5 Å². The Bertz CT molecular complexity index is 1440. The first-order valence-electron chi connectivity index (χ1n) is 11.6. The molecular weight excluding hydrogens is 431 g/mol. The third kappa shape index (κ3) is 4.43. The molecule has 1 unspecified atom stereocenters. The van der Waals surface area contributed by atoms with Crippen molar-refractivity contribution in [3.63, 3.8) is 0 Å². The maximum atomic E-state index is 13.5. The number of nitrogens with one attached hydrogen (secondary N) is 2. The van der Waals surface area contributed by atoms with Crippen LogP contribution in [-0.2, 0) is 0 Å². The van der Waals surface area contributed by atoms with E-state index in [4.69, 9.17) is 4.98 Å². The Morgan fingerprint density at radius 2 is 1.94 bits per heavy atom. The number of hydrogen-bond acceptors (Lipinski definition) is 4. The number of hydrogen-bond donors (Lipinski definition) is 2. The second kappa shape index (κ2) is 8.99. The number of carbonyl (C=O) groups excluding carboxylic acids is 1. The van der Waals surface area contributed by atoms with Gasteiger partial charge in [0.2, 0.25) is 0 Å². The highest BCUT2D eigenvalue weighted by Gasteiger charge is 2.22. The number of rotatable bonds is 7. The molecule has 1 aliphatic carbocycles. The van der Waals surface area contributed by atoms with E-state index in [1.165, 1.54) is 47.9 Å². The summed E-state index contributed by atoms with van der Waals surface area (Å²) in [6, 6.07) is 13.3. The van der Waals surface area contributed by atoms with E-state index < -0.39 is 5.82 Å². The van der Waals surface area contributed by atoms with E-state index in [1.807, 2.05) is 32.0 Å². The number of para-hydroxylation sites is 1. The molecule has 1 aliphatic rings. The van der Waals surface area contributed by atoms with Gasteiger partial charge in [-0.05, 0) is 75.0 Å². The van der Waals surface area contributed by atoms with E-state index >= 15 is 0 Å². The average Bonchev–Trinajstić information content (AvgIpc) is 3.66. The molecule has 1 fully saturated rings. The van der Waals surface area contributed by atoms with Crippen molar-refractivity contribution < 1.29 is 9.18 Å². The molecule has 4 aromatic rings. The predicted molar refractivity (Wildman–Crippen MR) is 132 cm³/mol. The van der Waals surface area contributed by atoms with Crippen molar-refractivity contribution in [3.8, 4) is 5.69 Å². The topological polar surface area (TPSA) is 76.0 Å². The lowest BCUT2D eigenvalue weighted by Gasteiger charge is -2.16. The Balaban J connectivity index is 1.59. The summed E-state index contributed by atoms with van der Waals surface area (Å²) in [6.07, 6.45) is 4.04. The van der Waals surface area contributed by atoms with E-state index in [1.54, 1.807) is 6.07 Å². The lowest BCUT2D eigenvalue weighted by molar-refractivity contribution is 0.0951. The fourth-order valence-corrected chi connectivity index (χ4v) is 4.16. The molecule has 0 aliphatic heterocycles. The minimum Gasteiger partial charge on any atom is -0.350 e. The molecule has 7 heteroatoms. The summed E-state index contributed by atoms with van der Waals surface area (Å²) in [4.78, 5) is 31.5. The number of fused-ring (bicyclic) bond motifs is 2. The lowest BCUT2D eigenvalue weighted by atomic mass is 10.1. The van der Waals surface area contributed by atoms with Gasteiger partial charge in [-0.25, -0.2) is 9.37 Å². The molecule has 2 heterocycles. The van der Waals surface area contributed by atoms with Crippen LogP contribution in [0.4, 0.5) is 4.39 Å². The zero-order valence-electron chi connectivity index (χ0n) is 19.3. The second-order valence-corrected chi connectivity index (χ2v) is 9.19. The SMILES string of the molecule is Cc1cccc2cc3c(=O)n(-c4ccc(F)cc4)cc(C(=O)NCC(C)NCC4CC4)c3nc12. The molecule has 34 heavy (non-hydrogen) atoms. The standard InChI is InChI=1S/C27H27FN4O2/c1-16-4-3-5-19-12-22-25(31-24(16)19)23(26(33)30-13-17(2)29-14-18-6-7-18)15-32(27(22)34)21-10-8-20(28)9-11-21/h3-5,8-12,15,17-18,29H,6-7,13-14H2,1-2H3,(H,30,33). The Labute approximate surface area is 196 Å². The molecule has 1 atom stereocenters. The van der Waals surface area contributed by atoms with Gasteiger partial charge >= 0.3 is 0 Å². The van der Waals surface area contributed by atoms with Crippen LogP contribution in [0.3, 0.4) is 0 Å².